The van der Waals surface area contributed by atoms with Crippen LogP contribution in [0.4, 0.5) is 0 Å². The van der Waals surface area contributed by atoms with Crippen LogP contribution in [-0.2, 0) is 0 Å². The van der Waals surface area contributed by atoms with Crippen LogP contribution in [0.1, 0.15) is 46.5 Å². The second kappa shape index (κ2) is 6.64. The van der Waals surface area contributed by atoms with Gasteiger partial charge in [0.2, 0.25) is 0 Å². The zero-order valence-corrected chi connectivity index (χ0v) is 9.97. The van der Waals surface area contributed by atoms with Crippen LogP contribution < -0.4 is 0 Å². The monoisotopic (exact) mass is 192 g/mol. The van der Waals surface area contributed by atoms with Gasteiger partial charge in [-0.2, -0.15) is 0 Å². The molecule has 0 aliphatic heterocycles. The van der Waals surface area contributed by atoms with Gasteiger partial charge in [-0.3, -0.25) is 0 Å². The molecule has 14 heavy (non-hydrogen) atoms. The highest BCUT2D eigenvalue weighted by molar-refractivity contribution is 5.28. The lowest BCUT2D eigenvalue weighted by molar-refractivity contribution is 0.424. The van der Waals surface area contributed by atoms with E-state index in [1.165, 1.54) is 31.3 Å². The van der Waals surface area contributed by atoms with Gasteiger partial charge in [-0.25, -0.2) is 0 Å². The Balaban J connectivity index is 0.000000791. The van der Waals surface area contributed by atoms with Crippen LogP contribution in [0.5, 0.6) is 0 Å². The van der Waals surface area contributed by atoms with Crippen molar-refractivity contribution in [1.82, 2.24) is 0 Å². The second-order valence-electron chi connectivity index (χ2n) is 3.83. The van der Waals surface area contributed by atoms with Gasteiger partial charge in [-0.1, -0.05) is 65.0 Å². The van der Waals surface area contributed by atoms with Crippen LogP contribution in [0.2, 0.25) is 0 Å². The van der Waals surface area contributed by atoms with E-state index in [0.29, 0.717) is 5.41 Å². The number of allylic oxidation sites excluding steroid dienone is 4. The lowest BCUT2D eigenvalue weighted by atomic mass is 9.80. The molecule has 0 nitrogen and oxygen atoms in total. The van der Waals surface area contributed by atoms with Gasteiger partial charge in [-0.05, 0) is 23.8 Å². The minimum absolute atomic E-state index is 0.385. The molecule has 80 valence electrons. The smallest absolute Gasteiger partial charge is 0.00755 e. The Morgan fingerprint density at radius 1 is 1.14 bits per heavy atom. The van der Waals surface area contributed by atoms with Crippen molar-refractivity contribution >= 4 is 0 Å². The predicted octanol–water partition coefficient (Wildman–Crippen LogP) is 4.89. The average molecular weight is 192 g/mol. The summed E-state index contributed by atoms with van der Waals surface area (Å²) in [6.45, 7) is 13.9. The van der Waals surface area contributed by atoms with Gasteiger partial charge in [-0.15, -0.1) is 0 Å². The van der Waals surface area contributed by atoms with Crippen molar-refractivity contribution in [1.29, 1.82) is 0 Å². The average Bonchev–Trinajstić information content (AvgIpc) is 2.65. The highest BCUT2D eigenvalue weighted by Crippen LogP contribution is 2.43. The van der Waals surface area contributed by atoms with E-state index in [2.05, 4.69) is 26.2 Å². The highest BCUT2D eigenvalue weighted by Gasteiger charge is 2.30. The molecule has 1 fully saturated rings. The van der Waals surface area contributed by atoms with Crippen molar-refractivity contribution < 1.29 is 0 Å². The Morgan fingerprint density at radius 3 is 2.00 bits per heavy atom. The lowest BCUT2D eigenvalue weighted by Gasteiger charge is -2.24. The van der Waals surface area contributed by atoms with E-state index >= 15 is 0 Å². The summed E-state index contributed by atoms with van der Waals surface area (Å²) in [5.74, 6) is 0. The van der Waals surface area contributed by atoms with Gasteiger partial charge in [0.15, 0.2) is 0 Å². The second-order valence-corrected chi connectivity index (χ2v) is 3.83. The molecule has 0 aromatic heterocycles. The van der Waals surface area contributed by atoms with Gasteiger partial charge in [0.05, 0.1) is 0 Å². The van der Waals surface area contributed by atoms with E-state index < -0.39 is 0 Å². The Kier molecular flexibility index (Phi) is 6.27. The fourth-order valence-corrected chi connectivity index (χ4v) is 2.09. The summed E-state index contributed by atoms with van der Waals surface area (Å²) in [5, 5.41) is 0. The standard InChI is InChI=1S/C12H18.C2H6/c1-4-8-11(5-2)12(3)9-6-7-10-12;1-2/h4-5,8H,1-2,6-7,9-10H2,3H3;1-2H3/b11-8+;. The summed E-state index contributed by atoms with van der Waals surface area (Å²) >= 11 is 0. The van der Waals surface area contributed by atoms with Crippen molar-refractivity contribution in [2.45, 2.75) is 46.5 Å². The molecule has 1 rings (SSSR count). The van der Waals surface area contributed by atoms with E-state index in [4.69, 9.17) is 0 Å². The fraction of sp³-hybridized carbons (Fsp3) is 0.571. The third kappa shape index (κ3) is 3.17. The molecule has 1 aliphatic carbocycles. The molecule has 0 heteroatoms. The van der Waals surface area contributed by atoms with Gasteiger partial charge >= 0.3 is 0 Å². The summed E-state index contributed by atoms with van der Waals surface area (Å²) in [6.07, 6.45) is 11.3. The summed E-state index contributed by atoms with van der Waals surface area (Å²) in [7, 11) is 0. The first kappa shape index (κ1) is 13.2. The van der Waals surface area contributed by atoms with E-state index in [0.717, 1.165) is 0 Å². The van der Waals surface area contributed by atoms with Crippen LogP contribution in [-0.4, -0.2) is 0 Å². The van der Waals surface area contributed by atoms with E-state index in [9.17, 15) is 0 Å². The number of hydrogen-bond donors (Lipinski definition) is 0. The first-order chi connectivity index (χ1) is 6.73. The van der Waals surface area contributed by atoms with Gasteiger partial charge in [0.25, 0.3) is 0 Å². The van der Waals surface area contributed by atoms with E-state index in [1.807, 2.05) is 26.0 Å². The zero-order chi connectivity index (χ0) is 11.0. The first-order valence-corrected chi connectivity index (χ1v) is 5.68. The molecule has 0 N–H and O–H groups in total. The molecule has 0 unspecified atom stereocenters. The van der Waals surface area contributed by atoms with Crippen molar-refractivity contribution in [3.8, 4) is 0 Å². The van der Waals surface area contributed by atoms with Gasteiger partial charge in [0, 0.05) is 0 Å². The molecule has 0 spiro atoms. The molecule has 0 aromatic carbocycles. The van der Waals surface area contributed by atoms with Crippen molar-refractivity contribution in [3.05, 3.63) is 37.0 Å². The van der Waals surface area contributed by atoms with Gasteiger partial charge < -0.3 is 0 Å². The Hall–Kier alpha value is -0.780. The molecule has 1 saturated carbocycles. The maximum absolute atomic E-state index is 3.85. The summed E-state index contributed by atoms with van der Waals surface area (Å²) in [5.41, 5.74) is 1.74. The first-order valence-electron chi connectivity index (χ1n) is 5.68. The van der Waals surface area contributed by atoms with E-state index in [1.54, 1.807) is 0 Å². The Morgan fingerprint density at radius 2 is 1.64 bits per heavy atom. The summed E-state index contributed by atoms with van der Waals surface area (Å²) < 4.78 is 0. The van der Waals surface area contributed by atoms with Crippen LogP contribution in [0, 0.1) is 5.41 Å². The molecule has 0 saturated heterocycles. The highest BCUT2D eigenvalue weighted by atomic mass is 14.3. The number of hydrogen-bond acceptors (Lipinski definition) is 0. The van der Waals surface area contributed by atoms with Crippen molar-refractivity contribution in [2.24, 2.45) is 5.41 Å². The molecular weight excluding hydrogens is 168 g/mol. The molecule has 0 aromatic rings. The fourth-order valence-electron chi connectivity index (χ4n) is 2.09. The molecule has 0 heterocycles. The predicted molar refractivity (Wildman–Crippen MR) is 66.4 cm³/mol. The Labute approximate surface area is 89.4 Å². The van der Waals surface area contributed by atoms with Crippen molar-refractivity contribution in [3.63, 3.8) is 0 Å². The minimum atomic E-state index is 0.385. The Bertz CT molecular complexity index is 202. The third-order valence-electron chi connectivity index (χ3n) is 2.92. The maximum atomic E-state index is 3.85. The van der Waals surface area contributed by atoms with Crippen LogP contribution in [0.3, 0.4) is 0 Å². The zero-order valence-electron chi connectivity index (χ0n) is 9.97. The minimum Gasteiger partial charge on any atom is -0.0991 e. The largest absolute Gasteiger partial charge is 0.0991 e. The summed E-state index contributed by atoms with van der Waals surface area (Å²) in [4.78, 5) is 0. The molecular formula is C14H24. The third-order valence-corrected chi connectivity index (χ3v) is 2.92. The molecule has 0 radical (unpaired) electrons. The normalized spacial score (nSPS) is 19.5. The molecule has 0 bridgehead atoms. The van der Waals surface area contributed by atoms with Crippen LogP contribution >= 0.6 is 0 Å². The molecule has 0 amide bonds. The SMILES string of the molecule is C=C/C=C(\C=C)C1(C)CCCC1.CC. The van der Waals surface area contributed by atoms with Gasteiger partial charge in [0.1, 0.15) is 0 Å². The van der Waals surface area contributed by atoms with Crippen molar-refractivity contribution in [2.75, 3.05) is 0 Å². The molecule has 0 atom stereocenters. The maximum Gasteiger partial charge on any atom is -0.00755 e. The summed E-state index contributed by atoms with van der Waals surface area (Å²) in [6, 6.07) is 0. The topological polar surface area (TPSA) is 0 Å². The lowest BCUT2D eigenvalue weighted by Crippen LogP contribution is -2.12. The molecule has 1 aliphatic rings. The van der Waals surface area contributed by atoms with Crippen LogP contribution in [0.15, 0.2) is 37.0 Å². The number of rotatable bonds is 3. The van der Waals surface area contributed by atoms with E-state index in [-0.39, 0.29) is 0 Å². The quantitative estimate of drug-likeness (QED) is 0.558. The van der Waals surface area contributed by atoms with Crippen LogP contribution in [0.25, 0.3) is 0 Å².